The fraction of sp³-hybridized carbons (Fsp3) is 0.0943. The van der Waals surface area contributed by atoms with Crippen LogP contribution in [0.2, 0.25) is 0 Å². The number of rotatable bonds is 3. The number of fused-ring (bicyclic) bond motifs is 14. The number of para-hydroxylation sites is 1. The summed E-state index contributed by atoms with van der Waals surface area (Å²) in [6.45, 7) is 4.71. The third-order valence-electron chi connectivity index (χ3n) is 13.5. The van der Waals surface area contributed by atoms with Crippen molar-refractivity contribution in [3.63, 3.8) is 0 Å². The van der Waals surface area contributed by atoms with Gasteiger partial charge < -0.3 is 9.73 Å². The first-order chi connectivity index (χ1) is 28.0. The summed E-state index contributed by atoms with van der Waals surface area (Å²) in [5.74, 6) is 0.186. The molecule has 0 saturated carbocycles. The lowest BCUT2D eigenvalue weighted by molar-refractivity contribution is 0.655. The fourth-order valence-corrected chi connectivity index (χ4v) is 12.1. The van der Waals surface area contributed by atoms with Gasteiger partial charge in [0.05, 0.1) is 0 Å². The smallest absolute Gasteiger partial charge is 0.194 e. The van der Waals surface area contributed by atoms with Crippen LogP contribution in [0.25, 0.3) is 75.5 Å². The molecule has 3 heterocycles. The summed E-state index contributed by atoms with van der Waals surface area (Å²) in [4.78, 5) is 1.44. The molecule has 0 amide bonds. The number of hydrogen-bond acceptors (Lipinski definition) is 3. The number of benzene rings is 8. The quantitative estimate of drug-likeness (QED) is 0.182. The molecule has 1 unspecified atom stereocenters. The molecule has 3 aliphatic rings. The van der Waals surface area contributed by atoms with Crippen molar-refractivity contribution in [1.29, 1.82) is 0 Å². The van der Waals surface area contributed by atoms with Gasteiger partial charge in [0.1, 0.15) is 11.2 Å². The predicted octanol–water partition coefficient (Wildman–Crippen LogP) is 12.7. The van der Waals surface area contributed by atoms with Crippen molar-refractivity contribution in [3.05, 3.63) is 179 Å². The first-order valence-electron chi connectivity index (χ1n) is 20.1. The minimum Gasteiger partial charge on any atom is -0.456 e. The second kappa shape index (κ2) is 11.4. The van der Waals surface area contributed by atoms with Gasteiger partial charge in [0.15, 0.2) is 7.28 Å². The summed E-state index contributed by atoms with van der Waals surface area (Å²) in [5.41, 5.74) is 20.6. The number of anilines is 2. The Labute approximate surface area is 335 Å². The lowest BCUT2D eigenvalue weighted by Gasteiger charge is -2.35. The Morgan fingerprint density at radius 2 is 1.37 bits per heavy atom. The second-order valence-corrected chi connectivity index (χ2v) is 17.9. The third-order valence-corrected chi connectivity index (χ3v) is 14.7. The monoisotopic (exact) mass is 745 g/mol. The molecule has 1 N–H and O–H groups in total. The van der Waals surface area contributed by atoms with Gasteiger partial charge in [-0.1, -0.05) is 134 Å². The van der Waals surface area contributed by atoms with Crippen LogP contribution < -0.4 is 16.2 Å². The summed E-state index contributed by atoms with van der Waals surface area (Å²) in [5, 5.41) is 10.2. The van der Waals surface area contributed by atoms with Crippen LogP contribution in [0.15, 0.2) is 156 Å². The fourth-order valence-electron chi connectivity index (χ4n) is 10.9. The van der Waals surface area contributed by atoms with E-state index in [0.29, 0.717) is 0 Å². The zero-order valence-electron chi connectivity index (χ0n) is 31.7. The van der Waals surface area contributed by atoms with E-state index in [2.05, 4.69) is 171 Å². The maximum absolute atomic E-state index is 6.98. The SMILES string of the molecule is CC1(C)c2ccccc2-c2ccc(Nc3cc4ccccc4cc3-c3cc4c(oc5ccccc54)c4c3Bc3cccc5c3C4Cc3c-5sc4ccccc34)cc21. The highest BCUT2D eigenvalue weighted by atomic mass is 32.1. The highest BCUT2D eigenvalue weighted by molar-refractivity contribution is 7.22. The molecule has 268 valence electrons. The van der Waals surface area contributed by atoms with E-state index < -0.39 is 0 Å². The number of nitrogens with one attached hydrogen (secondary N) is 1. The van der Waals surface area contributed by atoms with Gasteiger partial charge in [0.2, 0.25) is 0 Å². The molecule has 0 bridgehead atoms. The Balaban J connectivity index is 1.06. The molecule has 57 heavy (non-hydrogen) atoms. The Morgan fingerprint density at radius 3 is 2.28 bits per heavy atom. The summed E-state index contributed by atoms with van der Waals surface area (Å²) >= 11 is 1.95. The molecule has 13 rings (SSSR count). The Kier molecular flexibility index (Phi) is 6.34. The lowest BCUT2D eigenvalue weighted by atomic mass is 9.50. The molecule has 8 aromatic carbocycles. The van der Waals surface area contributed by atoms with Crippen molar-refractivity contribution in [2.24, 2.45) is 0 Å². The largest absolute Gasteiger partial charge is 0.456 e. The molecule has 0 radical (unpaired) electrons. The molecule has 1 aliphatic heterocycles. The number of thiophene rings is 1. The molecule has 2 aliphatic carbocycles. The summed E-state index contributed by atoms with van der Waals surface area (Å²) in [7, 11) is 0.856. The molecule has 0 fully saturated rings. The molecular formula is C53H36BNOS. The van der Waals surface area contributed by atoms with Gasteiger partial charge in [0.25, 0.3) is 0 Å². The molecule has 0 saturated heterocycles. The van der Waals surface area contributed by atoms with E-state index in [-0.39, 0.29) is 11.3 Å². The first kappa shape index (κ1) is 31.8. The minimum absolute atomic E-state index is 0.0812. The number of furan rings is 1. The third kappa shape index (κ3) is 4.37. The van der Waals surface area contributed by atoms with Gasteiger partial charge in [-0.2, -0.15) is 0 Å². The average Bonchev–Trinajstić information content (AvgIpc) is 3.88. The highest BCUT2D eigenvalue weighted by Gasteiger charge is 2.39. The maximum Gasteiger partial charge on any atom is 0.194 e. The van der Waals surface area contributed by atoms with Crippen LogP contribution in [0, 0.1) is 0 Å². The summed E-state index contributed by atoms with van der Waals surface area (Å²) in [6, 6.07) is 56.5. The van der Waals surface area contributed by atoms with Crippen LogP contribution >= 0.6 is 11.3 Å². The lowest BCUT2D eigenvalue weighted by Crippen LogP contribution is -2.42. The van der Waals surface area contributed by atoms with Crippen molar-refractivity contribution < 1.29 is 4.42 Å². The predicted molar refractivity (Wildman–Crippen MR) is 243 cm³/mol. The van der Waals surface area contributed by atoms with Crippen LogP contribution in [-0.4, -0.2) is 7.28 Å². The number of hydrogen-bond donors (Lipinski definition) is 1. The van der Waals surface area contributed by atoms with Crippen LogP contribution in [0.4, 0.5) is 11.4 Å². The standard InChI is InChI=1S/C53H36BNOS/c1-53(2)42-18-8-5-14-32(42)33-23-22-31(26-43(33)53)55-45-25-30-13-4-3-12-29(30)24-37(45)38-27-39-34-15-6-9-20-46(34)56-51(39)49-41-28-40-35-16-7-10-21-47(35)57-52(40)36-17-11-19-44(48(36)41)54-50(38)49/h3-27,41,54-55H,28H2,1-2H3. The van der Waals surface area contributed by atoms with Crippen LogP contribution in [0.5, 0.6) is 0 Å². The Bertz CT molecular complexity index is 3380. The van der Waals surface area contributed by atoms with Gasteiger partial charge >= 0.3 is 0 Å². The van der Waals surface area contributed by atoms with Crippen molar-refractivity contribution in [2.75, 3.05) is 5.32 Å². The van der Waals surface area contributed by atoms with Gasteiger partial charge in [-0.05, 0) is 115 Å². The van der Waals surface area contributed by atoms with Gasteiger partial charge in [-0.3, -0.25) is 0 Å². The normalized spacial score (nSPS) is 15.6. The molecule has 0 spiro atoms. The Hall–Kier alpha value is -6.36. The molecule has 4 heteroatoms. The summed E-state index contributed by atoms with van der Waals surface area (Å²) < 4.78 is 8.35. The van der Waals surface area contributed by atoms with E-state index >= 15 is 0 Å². The summed E-state index contributed by atoms with van der Waals surface area (Å²) in [6.07, 6.45) is 0.960. The van der Waals surface area contributed by atoms with E-state index in [1.54, 1.807) is 0 Å². The molecule has 10 aromatic rings. The molecular weight excluding hydrogens is 709 g/mol. The second-order valence-electron chi connectivity index (χ2n) is 16.8. The van der Waals surface area contributed by atoms with E-state index in [1.807, 2.05) is 11.3 Å². The van der Waals surface area contributed by atoms with E-state index in [0.717, 1.165) is 36.2 Å². The van der Waals surface area contributed by atoms with E-state index in [4.69, 9.17) is 4.42 Å². The van der Waals surface area contributed by atoms with Crippen molar-refractivity contribution >= 4 is 83.7 Å². The van der Waals surface area contributed by atoms with Crippen molar-refractivity contribution in [3.8, 4) is 32.7 Å². The van der Waals surface area contributed by atoms with Gasteiger partial charge in [-0.25, -0.2) is 0 Å². The average molecular weight is 746 g/mol. The zero-order chi connectivity index (χ0) is 37.6. The van der Waals surface area contributed by atoms with E-state index in [1.165, 1.54) is 103 Å². The van der Waals surface area contributed by atoms with Gasteiger partial charge in [-0.15, -0.1) is 11.3 Å². The van der Waals surface area contributed by atoms with Gasteiger partial charge in [0, 0.05) is 48.6 Å². The van der Waals surface area contributed by atoms with Crippen LogP contribution in [-0.2, 0) is 11.8 Å². The zero-order valence-corrected chi connectivity index (χ0v) is 32.6. The first-order valence-corrected chi connectivity index (χ1v) is 21.0. The molecule has 2 nitrogen and oxygen atoms in total. The molecule has 1 atom stereocenters. The van der Waals surface area contributed by atoms with Crippen molar-refractivity contribution in [1.82, 2.24) is 0 Å². The Morgan fingerprint density at radius 1 is 0.614 bits per heavy atom. The van der Waals surface area contributed by atoms with Crippen LogP contribution in [0.1, 0.15) is 47.6 Å². The highest BCUT2D eigenvalue weighted by Crippen LogP contribution is 2.53. The van der Waals surface area contributed by atoms with Crippen molar-refractivity contribution in [2.45, 2.75) is 31.6 Å². The van der Waals surface area contributed by atoms with Crippen LogP contribution in [0.3, 0.4) is 0 Å². The minimum atomic E-state index is -0.0812. The maximum atomic E-state index is 6.98. The topological polar surface area (TPSA) is 25.2 Å². The molecule has 2 aromatic heterocycles. The van der Waals surface area contributed by atoms with E-state index in [9.17, 15) is 0 Å².